The van der Waals surface area contributed by atoms with E-state index in [2.05, 4.69) is 4.90 Å². The third-order valence-corrected chi connectivity index (χ3v) is 6.58. The summed E-state index contributed by atoms with van der Waals surface area (Å²) in [5.41, 5.74) is 0.645. The van der Waals surface area contributed by atoms with Crippen molar-refractivity contribution >= 4 is 11.8 Å². The molecule has 0 saturated heterocycles. The van der Waals surface area contributed by atoms with Crippen LogP contribution in [0.25, 0.3) is 0 Å². The summed E-state index contributed by atoms with van der Waals surface area (Å²) >= 11 is 0. The maximum Gasteiger partial charge on any atom is 0.257 e. The van der Waals surface area contributed by atoms with Gasteiger partial charge in [0.15, 0.2) is 0 Å². The van der Waals surface area contributed by atoms with E-state index in [-0.39, 0.29) is 24.0 Å². The zero-order valence-electron chi connectivity index (χ0n) is 18.8. The minimum atomic E-state index is -0.0524. The van der Waals surface area contributed by atoms with E-state index in [0.717, 1.165) is 70.9 Å². The maximum atomic E-state index is 13.3. The zero-order chi connectivity index (χ0) is 21.3. The van der Waals surface area contributed by atoms with Gasteiger partial charge in [-0.05, 0) is 51.2 Å². The average molecular weight is 415 g/mol. The highest BCUT2D eigenvalue weighted by Crippen LogP contribution is 2.30. The molecule has 0 unspecified atom stereocenters. The number of carbonyl (C=O) groups is 2. The first-order chi connectivity index (χ1) is 14.7. The van der Waals surface area contributed by atoms with Crippen LogP contribution in [-0.2, 0) is 4.79 Å². The summed E-state index contributed by atoms with van der Waals surface area (Å²) in [6.45, 7) is 6.30. The Balaban J connectivity index is 1.92. The molecule has 1 saturated carbocycles. The predicted molar refractivity (Wildman–Crippen MR) is 120 cm³/mol. The van der Waals surface area contributed by atoms with Crippen LogP contribution in [0.1, 0.15) is 88.4 Å². The highest BCUT2D eigenvalue weighted by atomic mass is 16.5. The van der Waals surface area contributed by atoms with E-state index >= 15 is 0 Å². The largest absolute Gasteiger partial charge is 0.487 e. The third kappa shape index (κ3) is 5.55. The molecule has 1 aliphatic carbocycles. The first kappa shape index (κ1) is 22.6. The molecule has 1 aliphatic heterocycles. The van der Waals surface area contributed by atoms with Gasteiger partial charge >= 0.3 is 0 Å². The minimum Gasteiger partial charge on any atom is -0.487 e. The van der Waals surface area contributed by atoms with Crippen LogP contribution >= 0.6 is 0 Å². The third-order valence-electron chi connectivity index (χ3n) is 6.58. The molecule has 166 valence electrons. The summed E-state index contributed by atoms with van der Waals surface area (Å²) in [7, 11) is 0. The van der Waals surface area contributed by atoms with Gasteiger partial charge in [0.05, 0.1) is 11.6 Å². The zero-order valence-corrected chi connectivity index (χ0v) is 18.8. The van der Waals surface area contributed by atoms with Crippen molar-refractivity contribution in [2.45, 2.75) is 90.2 Å². The van der Waals surface area contributed by atoms with Gasteiger partial charge in [-0.3, -0.25) is 9.59 Å². The van der Waals surface area contributed by atoms with Crippen LogP contribution in [0.15, 0.2) is 24.3 Å². The fourth-order valence-corrected chi connectivity index (χ4v) is 4.85. The fourth-order valence-electron chi connectivity index (χ4n) is 4.85. The van der Waals surface area contributed by atoms with Crippen LogP contribution in [-0.4, -0.2) is 53.4 Å². The molecule has 2 amide bonds. The van der Waals surface area contributed by atoms with Gasteiger partial charge in [0.25, 0.3) is 5.91 Å². The molecule has 1 aromatic rings. The number of para-hydroxylation sites is 1. The van der Waals surface area contributed by atoms with Gasteiger partial charge in [-0.25, -0.2) is 0 Å². The summed E-state index contributed by atoms with van der Waals surface area (Å²) in [5.74, 6) is 0.940. The van der Waals surface area contributed by atoms with Crippen LogP contribution in [0.2, 0.25) is 0 Å². The number of fused-ring (bicyclic) bond motifs is 2. The Kier molecular flexibility index (Phi) is 8.59. The molecule has 0 N–H and O–H groups in total. The van der Waals surface area contributed by atoms with Crippen molar-refractivity contribution in [1.82, 2.24) is 9.80 Å². The van der Waals surface area contributed by atoms with Crippen molar-refractivity contribution in [3.63, 3.8) is 0 Å². The Bertz CT molecular complexity index is 705. The molecule has 2 aliphatic rings. The topological polar surface area (TPSA) is 49.9 Å². The Morgan fingerprint density at radius 3 is 2.43 bits per heavy atom. The van der Waals surface area contributed by atoms with Gasteiger partial charge in [-0.15, -0.1) is 0 Å². The summed E-state index contributed by atoms with van der Waals surface area (Å²) < 4.78 is 6.52. The summed E-state index contributed by atoms with van der Waals surface area (Å²) in [5, 5.41) is 0. The summed E-state index contributed by atoms with van der Waals surface area (Å²) in [6.07, 6.45) is 10.1. The molecule has 2 atom stereocenters. The van der Waals surface area contributed by atoms with Crippen molar-refractivity contribution in [2.24, 2.45) is 0 Å². The molecular weight excluding hydrogens is 376 g/mol. The minimum absolute atomic E-state index is 0.0524. The van der Waals surface area contributed by atoms with E-state index in [4.69, 9.17) is 4.74 Å². The molecule has 3 rings (SSSR count). The maximum absolute atomic E-state index is 13.3. The lowest BCUT2D eigenvalue weighted by atomic mass is 9.90. The van der Waals surface area contributed by atoms with Crippen molar-refractivity contribution < 1.29 is 14.3 Å². The Morgan fingerprint density at radius 1 is 0.967 bits per heavy atom. The second-order valence-electron chi connectivity index (χ2n) is 8.60. The number of rotatable bonds is 2. The Morgan fingerprint density at radius 2 is 1.67 bits per heavy atom. The molecule has 1 aromatic carbocycles. The standard InChI is InChI=1S/C25H38N2O3/c1-3-24(28)27-19-13-7-5-6-12-18-26(4-2)25(29)20-14-8-10-16-22(20)30-23-17-11-9-15-21(23)27/h8,10,14,16,21,23H,3-7,9,11-13,15,17-19H2,1-2H3/t21-,23+/m1/s1. The normalized spacial score (nSPS) is 24.1. The molecule has 5 heteroatoms. The van der Waals surface area contributed by atoms with E-state index in [0.29, 0.717) is 24.3 Å². The fraction of sp³-hybridized carbons (Fsp3) is 0.680. The van der Waals surface area contributed by atoms with Crippen LogP contribution in [0, 0.1) is 0 Å². The molecular formula is C25H38N2O3. The van der Waals surface area contributed by atoms with Crippen LogP contribution in [0.5, 0.6) is 5.75 Å². The molecule has 0 aromatic heterocycles. The quantitative estimate of drug-likeness (QED) is 0.681. The van der Waals surface area contributed by atoms with Crippen molar-refractivity contribution in [2.75, 3.05) is 19.6 Å². The van der Waals surface area contributed by atoms with Gasteiger partial charge in [0.1, 0.15) is 11.9 Å². The van der Waals surface area contributed by atoms with Crippen LogP contribution in [0.4, 0.5) is 0 Å². The van der Waals surface area contributed by atoms with E-state index in [1.807, 2.05) is 43.0 Å². The van der Waals surface area contributed by atoms with Gasteiger partial charge in [-0.1, -0.05) is 44.7 Å². The van der Waals surface area contributed by atoms with Gasteiger partial charge < -0.3 is 14.5 Å². The predicted octanol–water partition coefficient (Wildman–Crippen LogP) is 5.04. The number of carbonyl (C=O) groups excluding carboxylic acids is 2. The number of nitrogens with zero attached hydrogens (tertiary/aromatic N) is 2. The Hall–Kier alpha value is -2.04. The summed E-state index contributed by atoms with van der Waals surface area (Å²) in [6, 6.07) is 7.74. The highest BCUT2D eigenvalue weighted by molar-refractivity contribution is 5.97. The van der Waals surface area contributed by atoms with E-state index in [1.54, 1.807) is 0 Å². The number of ether oxygens (including phenoxy) is 1. The first-order valence-electron chi connectivity index (χ1n) is 12.0. The first-order valence-corrected chi connectivity index (χ1v) is 12.0. The molecule has 1 heterocycles. The van der Waals surface area contributed by atoms with E-state index in [1.165, 1.54) is 0 Å². The number of hydrogen-bond acceptors (Lipinski definition) is 3. The van der Waals surface area contributed by atoms with Crippen molar-refractivity contribution in [3.8, 4) is 5.75 Å². The molecule has 0 spiro atoms. The number of amides is 2. The highest BCUT2D eigenvalue weighted by Gasteiger charge is 2.34. The van der Waals surface area contributed by atoms with Crippen LogP contribution < -0.4 is 4.74 Å². The smallest absolute Gasteiger partial charge is 0.257 e. The van der Waals surface area contributed by atoms with Crippen LogP contribution in [0.3, 0.4) is 0 Å². The van der Waals surface area contributed by atoms with Crippen molar-refractivity contribution in [1.29, 1.82) is 0 Å². The second kappa shape index (κ2) is 11.4. The van der Waals surface area contributed by atoms with E-state index in [9.17, 15) is 9.59 Å². The van der Waals surface area contributed by atoms with Gasteiger partial charge in [-0.2, -0.15) is 0 Å². The molecule has 5 nitrogen and oxygen atoms in total. The average Bonchev–Trinajstić information content (AvgIpc) is 2.78. The molecule has 0 bridgehead atoms. The number of hydrogen-bond donors (Lipinski definition) is 0. The molecule has 0 radical (unpaired) electrons. The lowest BCUT2D eigenvalue weighted by molar-refractivity contribution is -0.136. The van der Waals surface area contributed by atoms with Gasteiger partial charge in [0.2, 0.25) is 5.91 Å². The lowest BCUT2D eigenvalue weighted by Gasteiger charge is -2.40. The monoisotopic (exact) mass is 414 g/mol. The SMILES string of the molecule is CCC(=O)N1CCCCCCCN(CC)C(=O)c2ccccc2O[C@H]2CCCC[C@H]21. The molecule has 30 heavy (non-hydrogen) atoms. The van der Waals surface area contributed by atoms with Crippen molar-refractivity contribution in [3.05, 3.63) is 29.8 Å². The van der Waals surface area contributed by atoms with Gasteiger partial charge in [0, 0.05) is 26.1 Å². The Labute approximate surface area is 181 Å². The number of benzene rings is 1. The lowest BCUT2D eigenvalue weighted by Crippen LogP contribution is -2.51. The van der Waals surface area contributed by atoms with E-state index < -0.39 is 0 Å². The second-order valence-corrected chi connectivity index (χ2v) is 8.60. The summed E-state index contributed by atoms with van der Waals surface area (Å²) in [4.78, 5) is 30.1. The molecule has 1 fully saturated rings.